The summed E-state index contributed by atoms with van der Waals surface area (Å²) in [6.07, 6.45) is 2.92. The van der Waals surface area contributed by atoms with E-state index in [1.165, 1.54) is 17.7 Å². The molecule has 122 valence electrons. The highest BCUT2D eigenvalue weighted by atomic mass is 16.1. The Kier molecular flexibility index (Phi) is 6.78. The van der Waals surface area contributed by atoms with Gasteiger partial charge in [-0.2, -0.15) is 9.98 Å². The summed E-state index contributed by atoms with van der Waals surface area (Å²) >= 11 is 0. The summed E-state index contributed by atoms with van der Waals surface area (Å²) in [5.41, 5.74) is 3.55. The molecule has 3 rings (SSSR count). The Labute approximate surface area is 146 Å². The van der Waals surface area contributed by atoms with Gasteiger partial charge in [-0.1, -0.05) is 78.4 Å². The lowest BCUT2D eigenvalue weighted by atomic mass is 10.0. The Bertz CT molecular complexity index is 909. The van der Waals surface area contributed by atoms with Gasteiger partial charge in [-0.05, 0) is 18.6 Å². The van der Waals surface area contributed by atoms with Gasteiger partial charge in [-0.15, -0.1) is 0 Å². The van der Waals surface area contributed by atoms with Crippen molar-refractivity contribution >= 4 is 23.5 Å². The second kappa shape index (κ2) is 9.53. The lowest BCUT2D eigenvalue weighted by Gasteiger charge is -2.06. The highest BCUT2D eigenvalue weighted by Gasteiger charge is 2.08. The Balaban J connectivity index is 0.000000269. The molecule has 0 bridgehead atoms. The molecule has 4 nitrogen and oxygen atoms in total. The van der Waals surface area contributed by atoms with Crippen LogP contribution in [0.25, 0.3) is 11.1 Å². The molecule has 0 unspecified atom stereocenters. The predicted molar refractivity (Wildman–Crippen MR) is 98.6 cm³/mol. The number of carbonyl (C=O) groups excluding carboxylic acids is 2. The van der Waals surface area contributed by atoms with Gasteiger partial charge in [0.15, 0.2) is 0 Å². The fourth-order valence-corrected chi connectivity index (χ4v) is 2.22. The zero-order valence-corrected chi connectivity index (χ0v) is 13.7. The first-order chi connectivity index (χ1) is 12.3. The SMILES string of the molecule is Cc1ccccc1.O=C=Nc1cccc(-c2ccccc2)c1N=C=O. The number of hydrogen-bond acceptors (Lipinski definition) is 4. The first-order valence-corrected chi connectivity index (χ1v) is 7.62. The van der Waals surface area contributed by atoms with Crippen molar-refractivity contribution in [3.63, 3.8) is 0 Å². The van der Waals surface area contributed by atoms with Crippen molar-refractivity contribution in [2.24, 2.45) is 9.98 Å². The van der Waals surface area contributed by atoms with Gasteiger partial charge in [0.25, 0.3) is 0 Å². The van der Waals surface area contributed by atoms with Gasteiger partial charge in [0.1, 0.15) is 11.4 Å². The Hall–Kier alpha value is -3.58. The highest BCUT2D eigenvalue weighted by molar-refractivity contribution is 5.85. The fourth-order valence-electron chi connectivity index (χ4n) is 2.22. The molecule has 0 spiro atoms. The van der Waals surface area contributed by atoms with E-state index >= 15 is 0 Å². The van der Waals surface area contributed by atoms with Crippen molar-refractivity contribution in [3.05, 3.63) is 84.4 Å². The average Bonchev–Trinajstić information content (AvgIpc) is 2.65. The van der Waals surface area contributed by atoms with Crippen molar-refractivity contribution in [3.8, 4) is 11.1 Å². The maximum absolute atomic E-state index is 10.5. The number of benzene rings is 3. The van der Waals surface area contributed by atoms with Crippen molar-refractivity contribution in [1.29, 1.82) is 0 Å². The van der Waals surface area contributed by atoms with Gasteiger partial charge in [-0.3, -0.25) is 0 Å². The summed E-state index contributed by atoms with van der Waals surface area (Å²) in [5.74, 6) is 0. The topological polar surface area (TPSA) is 58.9 Å². The van der Waals surface area contributed by atoms with E-state index in [1.54, 1.807) is 18.2 Å². The van der Waals surface area contributed by atoms with Gasteiger partial charge >= 0.3 is 0 Å². The largest absolute Gasteiger partial charge is 0.240 e. The van der Waals surface area contributed by atoms with Crippen LogP contribution in [0.2, 0.25) is 0 Å². The lowest BCUT2D eigenvalue weighted by Crippen LogP contribution is -1.79. The molecular weight excluding hydrogens is 312 g/mol. The fraction of sp³-hybridized carbons (Fsp3) is 0.0476. The number of isocyanates is 2. The van der Waals surface area contributed by atoms with Crippen molar-refractivity contribution in [2.45, 2.75) is 6.92 Å². The number of aryl methyl sites for hydroxylation is 1. The predicted octanol–water partition coefficient (Wildman–Crippen LogP) is 5.28. The summed E-state index contributed by atoms with van der Waals surface area (Å²) < 4.78 is 0. The van der Waals surface area contributed by atoms with Crippen LogP contribution >= 0.6 is 0 Å². The second-order valence-electron chi connectivity index (χ2n) is 5.10. The van der Waals surface area contributed by atoms with E-state index in [0.29, 0.717) is 11.4 Å². The third kappa shape index (κ3) is 5.22. The van der Waals surface area contributed by atoms with E-state index in [9.17, 15) is 9.59 Å². The Morgan fingerprint density at radius 1 is 0.680 bits per heavy atom. The van der Waals surface area contributed by atoms with E-state index in [2.05, 4.69) is 29.0 Å². The number of para-hydroxylation sites is 1. The van der Waals surface area contributed by atoms with E-state index in [4.69, 9.17) is 0 Å². The van der Waals surface area contributed by atoms with Crippen molar-refractivity contribution in [1.82, 2.24) is 0 Å². The summed E-state index contributed by atoms with van der Waals surface area (Å²) in [4.78, 5) is 28.0. The summed E-state index contributed by atoms with van der Waals surface area (Å²) in [6, 6.07) is 24.8. The van der Waals surface area contributed by atoms with Crippen LogP contribution in [0, 0.1) is 6.92 Å². The van der Waals surface area contributed by atoms with E-state index in [0.717, 1.165) is 11.1 Å². The molecule has 0 amide bonds. The van der Waals surface area contributed by atoms with Crippen LogP contribution in [-0.4, -0.2) is 12.2 Å². The van der Waals surface area contributed by atoms with Crippen molar-refractivity contribution < 1.29 is 9.59 Å². The monoisotopic (exact) mass is 328 g/mol. The minimum atomic E-state index is 0.301. The normalized spacial score (nSPS) is 9.00. The van der Waals surface area contributed by atoms with Gasteiger partial charge in [-0.25, -0.2) is 9.59 Å². The maximum Gasteiger partial charge on any atom is 0.240 e. The zero-order chi connectivity index (χ0) is 17.9. The van der Waals surface area contributed by atoms with Gasteiger partial charge in [0.2, 0.25) is 12.2 Å². The Morgan fingerprint density at radius 3 is 1.80 bits per heavy atom. The smallest absolute Gasteiger partial charge is 0.211 e. The first-order valence-electron chi connectivity index (χ1n) is 7.62. The molecule has 0 aliphatic heterocycles. The first kappa shape index (κ1) is 17.8. The van der Waals surface area contributed by atoms with Crippen LogP contribution in [0.1, 0.15) is 5.56 Å². The van der Waals surface area contributed by atoms with E-state index in [-0.39, 0.29) is 0 Å². The molecule has 0 saturated heterocycles. The number of aliphatic imine (C=N–C) groups is 2. The highest BCUT2D eigenvalue weighted by Crippen LogP contribution is 2.37. The molecule has 0 radical (unpaired) electrons. The molecule has 0 fully saturated rings. The molecule has 0 aliphatic carbocycles. The van der Waals surface area contributed by atoms with Crippen LogP contribution in [0.3, 0.4) is 0 Å². The lowest BCUT2D eigenvalue weighted by molar-refractivity contribution is 0.564. The molecule has 4 heteroatoms. The zero-order valence-electron chi connectivity index (χ0n) is 13.7. The van der Waals surface area contributed by atoms with E-state index < -0.39 is 0 Å². The van der Waals surface area contributed by atoms with Crippen LogP contribution in [0.15, 0.2) is 88.8 Å². The minimum Gasteiger partial charge on any atom is -0.211 e. The summed E-state index contributed by atoms with van der Waals surface area (Å²) in [7, 11) is 0. The average molecular weight is 328 g/mol. The molecule has 3 aromatic rings. The van der Waals surface area contributed by atoms with E-state index in [1.807, 2.05) is 48.5 Å². The van der Waals surface area contributed by atoms with Crippen LogP contribution < -0.4 is 0 Å². The molecule has 0 saturated carbocycles. The van der Waals surface area contributed by atoms with Gasteiger partial charge in [0.05, 0.1) is 0 Å². The van der Waals surface area contributed by atoms with Crippen LogP contribution in [0.5, 0.6) is 0 Å². The maximum atomic E-state index is 10.5. The van der Waals surface area contributed by atoms with Crippen molar-refractivity contribution in [2.75, 3.05) is 0 Å². The standard InChI is InChI=1S/C14H8N2O2.C7H8/c17-9-15-13-8-4-7-12(14(13)16-10-18)11-5-2-1-3-6-11;1-7-5-3-2-4-6-7/h1-8H;2-6H,1H3. The third-order valence-corrected chi connectivity index (χ3v) is 3.36. The molecule has 3 aromatic carbocycles. The third-order valence-electron chi connectivity index (χ3n) is 3.36. The molecule has 0 heterocycles. The molecular formula is C21H16N2O2. The second-order valence-corrected chi connectivity index (χ2v) is 5.10. The van der Waals surface area contributed by atoms with Crippen LogP contribution in [-0.2, 0) is 9.59 Å². The summed E-state index contributed by atoms with van der Waals surface area (Å²) in [5, 5.41) is 0. The van der Waals surface area contributed by atoms with Crippen LogP contribution in [0.4, 0.5) is 11.4 Å². The molecule has 0 aliphatic rings. The number of rotatable bonds is 3. The van der Waals surface area contributed by atoms with Gasteiger partial charge in [0, 0.05) is 5.56 Å². The number of nitrogens with zero attached hydrogens (tertiary/aromatic N) is 2. The number of hydrogen-bond donors (Lipinski definition) is 0. The Morgan fingerprint density at radius 2 is 1.28 bits per heavy atom. The minimum absolute atomic E-state index is 0.301. The molecule has 25 heavy (non-hydrogen) atoms. The summed E-state index contributed by atoms with van der Waals surface area (Å²) in [6.45, 7) is 2.08. The van der Waals surface area contributed by atoms with Gasteiger partial charge < -0.3 is 0 Å². The molecule has 0 N–H and O–H groups in total. The quantitative estimate of drug-likeness (QED) is 0.485. The molecule has 0 atom stereocenters. The molecule has 0 aromatic heterocycles.